The summed E-state index contributed by atoms with van der Waals surface area (Å²) in [5, 5.41) is 3.44. The molecule has 1 aliphatic carbocycles. The molecule has 0 unspecified atom stereocenters. The topological polar surface area (TPSA) is 74.2 Å². The molecule has 35 heavy (non-hydrogen) atoms. The summed E-state index contributed by atoms with van der Waals surface area (Å²) in [4.78, 5) is 29.3. The molecule has 1 N–H and O–H groups in total. The standard InChI is InChI=1S/C26H26F2N6O/c1-16-15-34(10-9-33(16)2)20-8-7-19(29-13-20)6-5-18-12-31-24(25(27)28)22-14-30-23(11-21(18)22)32-26(35)17-3-4-17/h7-8,11-14,16-17,25H,3-4,9-10,15H2,1-2H3,(H,30,32,35)/t16-/m1/s1. The predicted molar refractivity (Wildman–Crippen MR) is 130 cm³/mol. The van der Waals surface area contributed by atoms with Crippen molar-refractivity contribution in [3.8, 4) is 11.8 Å². The van der Waals surface area contributed by atoms with Crippen molar-refractivity contribution in [1.82, 2.24) is 19.9 Å². The van der Waals surface area contributed by atoms with E-state index in [0.29, 0.717) is 28.5 Å². The van der Waals surface area contributed by atoms with E-state index < -0.39 is 6.43 Å². The van der Waals surface area contributed by atoms with E-state index in [-0.39, 0.29) is 22.9 Å². The van der Waals surface area contributed by atoms with Crippen molar-refractivity contribution in [2.75, 3.05) is 36.9 Å². The third-order valence-corrected chi connectivity index (χ3v) is 6.61. The van der Waals surface area contributed by atoms with Gasteiger partial charge in [-0.05, 0) is 50.9 Å². The lowest BCUT2D eigenvalue weighted by atomic mass is 10.1. The molecule has 0 radical (unpaired) electrons. The second-order valence-electron chi connectivity index (χ2n) is 9.16. The maximum absolute atomic E-state index is 13.5. The van der Waals surface area contributed by atoms with Crippen molar-refractivity contribution in [1.29, 1.82) is 0 Å². The molecule has 1 saturated carbocycles. The molecule has 0 spiro atoms. The van der Waals surface area contributed by atoms with Gasteiger partial charge in [-0.1, -0.05) is 5.92 Å². The number of anilines is 2. The molecule has 2 fully saturated rings. The van der Waals surface area contributed by atoms with Crippen molar-refractivity contribution < 1.29 is 13.6 Å². The van der Waals surface area contributed by atoms with E-state index in [0.717, 1.165) is 38.2 Å². The quantitative estimate of drug-likeness (QED) is 0.577. The number of likely N-dealkylation sites (N-methyl/N-ethyl adjacent to an activating group) is 1. The van der Waals surface area contributed by atoms with Crippen LogP contribution in [0.1, 0.15) is 43.1 Å². The molecule has 9 heteroatoms. The van der Waals surface area contributed by atoms with Crippen molar-refractivity contribution >= 4 is 28.2 Å². The van der Waals surface area contributed by atoms with Gasteiger partial charge in [0.1, 0.15) is 17.2 Å². The second kappa shape index (κ2) is 9.55. The maximum atomic E-state index is 13.5. The number of alkyl halides is 2. The first-order valence-corrected chi connectivity index (χ1v) is 11.7. The number of hydrogen-bond donors (Lipinski definition) is 1. The Morgan fingerprint density at radius 1 is 1.09 bits per heavy atom. The fourth-order valence-corrected chi connectivity index (χ4v) is 4.13. The summed E-state index contributed by atoms with van der Waals surface area (Å²) in [5.74, 6) is 6.24. The Labute approximate surface area is 202 Å². The molecule has 1 saturated heterocycles. The van der Waals surface area contributed by atoms with E-state index in [4.69, 9.17) is 0 Å². The first-order valence-electron chi connectivity index (χ1n) is 11.7. The molecule has 4 heterocycles. The fraction of sp³-hybridized carbons (Fsp3) is 0.385. The average molecular weight is 477 g/mol. The number of halogens is 2. The van der Waals surface area contributed by atoms with Gasteiger partial charge >= 0.3 is 0 Å². The monoisotopic (exact) mass is 476 g/mol. The average Bonchev–Trinajstić information content (AvgIpc) is 3.70. The minimum absolute atomic E-state index is 0.00364. The third kappa shape index (κ3) is 5.08. The van der Waals surface area contributed by atoms with Gasteiger partial charge in [-0.15, -0.1) is 0 Å². The highest BCUT2D eigenvalue weighted by atomic mass is 19.3. The van der Waals surface area contributed by atoms with Gasteiger partial charge in [0.2, 0.25) is 5.91 Å². The summed E-state index contributed by atoms with van der Waals surface area (Å²) in [6.07, 6.45) is 3.43. The normalized spacial score (nSPS) is 18.4. The van der Waals surface area contributed by atoms with Crippen LogP contribution >= 0.6 is 0 Å². The highest BCUT2D eigenvalue weighted by Crippen LogP contribution is 2.32. The molecule has 5 rings (SSSR count). The van der Waals surface area contributed by atoms with Crippen molar-refractivity contribution in [3.05, 3.63) is 53.7 Å². The van der Waals surface area contributed by atoms with Gasteiger partial charge in [-0.3, -0.25) is 9.78 Å². The molecular formula is C26H26F2N6O. The predicted octanol–water partition coefficient (Wildman–Crippen LogP) is 3.85. The Balaban J connectivity index is 1.42. The van der Waals surface area contributed by atoms with Crippen LogP contribution in [0.25, 0.3) is 10.8 Å². The summed E-state index contributed by atoms with van der Waals surface area (Å²) >= 11 is 0. The van der Waals surface area contributed by atoms with Gasteiger partial charge in [0.25, 0.3) is 6.43 Å². The zero-order valence-electron chi connectivity index (χ0n) is 19.6. The van der Waals surface area contributed by atoms with E-state index in [2.05, 4.69) is 55.9 Å². The molecule has 1 atom stereocenters. The molecule has 1 amide bonds. The molecule has 3 aromatic heterocycles. The van der Waals surface area contributed by atoms with Crippen LogP contribution in [-0.2, 0) is 4.79 Å². The molecule has 0 aromatic carbocycles. The van der Waals surface area contributed by atoms with Crippen LogP contribution < -0.4 is 10.2 Å². The molecule has 1 aliphatic heterocycles. The molecule has 0 bridgehead atoms. The molecule has 2 aliphatic rings. The number of carbonyl (C=O) groups is 1. The van der Waals surface area contributed by atoms with E-state index >= 15 is 0 Å². The summed E-state index contributed by atoms with van der Waals surface area (Å²) in [6.45, 7) is 5.07. The van der Waals surface area contributed by atoms with E-state index in [1.807, 2.05) is 18.3 Å². The second-order valence-corrected chi connectivity index (χ2v) is 9.16. The van der Waals surface area contributed by atoms with Gasteiger partial charge in [0.05, 0.1) is 17.4 Å². The minimum atomic E-state index is -2.75. The van der Waals surface area contributed by atoms with Gasteiger partial charge in [-0.2, -0.15) is 0 Å². The van der Waals surface area contributed by atoms with E-state index in [1.165, 1.54) is 12.4 Å². The number of amides is 1. The van der Waals surface area contributed by atoms with E-state index in [1.54, 1.807) is 6.07 Å². The highest BCUT2D eigenvalue weighted by Gasteiger charge is 2.30. The summed E-state index contributed by atoms with van der Waals surface area (Å²) in [6, 6.07) is 5.91. The number of aromatic nitrogens is 3. The van der Waals surface area contributed by atoms with Crippen LogP contribution in [0.2, 0.25) is 0 Å². The van der Waals surface area contributed by atoms with Crippen LogP contribution in [0, 0.1) is 17.8 Å². The largest absolute Gasteiger partial charge is 0.367 e. The number of nitrogens with one attached hydrogen (secondary N) is 1. The maximum Gasteiger partial charge on any atom is 0.281 e. The lowest BCUT2D eigenvalue weighted by molar-refractivity contribution is -0.117. The number of nitrogens with zero attached hydrogens (tertiary/aromatic N) is 5. The SMILES string of the molecule is C[C@@H]1CN(c2ccc(C#Cc3cnc(C(F)F)c4cnc(NC(=O)C5CC5)cc34)nc2)CCN1C. The number of piperazine rings is 1. The number of carbonyl (C=O) groups excluding carboxylic acids is 1. The van der Waals surface area contributed by atoms with Crippen LogP contribution in [-0.4, -0.2) is 58.5 Å². The lowest BCUT2D eigenvalue weighted by Crippen LogP contribution is -2.50. The zero-order valence-corrected chi connectivity index (χ0v) is 19.6. The van der Waals surface area contributed by atoms with Gasteiger partial charge in [-0.25, -0.2) is 18.7 Å². The number of hydrogen-bond acceptors (Lipinski definition) is 6. The lowest BCUT2D eigenvalue weighted by Gasteiger charge is -2.38. The third-order valence-electron chi connectivity index (χ3n) is 6.61. The Kier molecular flexibility index (Phi) is 6.31. The fourth-order valence-electron chi connectivity index (χ4n) is 4.13. The number of rotatable bonds is 4. The number of fused-ring (bicyclic) bond motifs is 1. The smallest absolute Gasteiger partial charge is 0.281 e. The molecule has 7 nitrogen and oxygen atoms in total. The van der Waals surface area contributed by atoms with Crippen LogP contribution in [0.15, 0.2) is 36.8 Å². The minimum Gasteiger partial charge on any atom is -0.367 e. The molecular weight excluding hydrogens is 450 g/mol. The first kappa shape index (κ1) is 23.1. The molecule has 3 aromatic rings. The Morgan fingerprint density at radius 2 is 1.91 bits per heavy atom. The summed E-state index contributed by atoms with van der Waals surface area (Å²) < 4.78 is 27.1. The van der Waals surface area contributed by atoms with Crippen LogP contribution in [0.4, 0.5) is 20.3 Å². The Morgan fingerprint density at radius 3 is 2.60 bits per heavy atom. The van der Waals surface area contributed by atoms with E-state index in [9.17, 15) is 13.6 Å². The van der Waals surface area contributed by atoms with Crippen LogP contribution in [0.3, 0.4) is 0 Å². The summed E-state index contributed by atoms with van der Waals surface area (Å²) in [5.41, 5.74) is 1.72. The Bertz CT molecular complexity index is 1310. The van der Waals surface area contributed by atoms with Crippen molar-refractivity contribution in [3.63, 3.8) is 0 Å². The zero-order chi connectivity index (χ0) is 24.5. The van der Waals surface area contributed by atoms with Gasteiger partial charge in [0.15, 0.2) is 0 Å². The van der Waals surface area contributed by atoms with Crippen molar-refractivity contribution in [2.45, 2.75) is 32.2 Å². The summed E-state index contributed by atoms with van der Waals surface area (Å²) in [7, 11) is 2.13. The van der Waals surface area contributed by atoms with Gasteiger partial charge in [0, 0.05) is 54.8 Å². The highest BCUT2D eigenvalue weighted by molar-refractivity contribution is 5.97. The Hall–Kier alpha value is -3.64. The number of pyridine rings is 3. The van der Waals surface area contributed by atoms with Gasteiger partial charge < -0.3 is 15.1 Å². The first-order chi connectivity index (χ1) is 16.9. The van der Waals surface area contributed by atoms with Crippen LogP contribution in [0.5, 0.6) is 0 Å². The van der Waals surface area contributed by atoms with Crippen molar-refractivity contribution in [2.24, 2.45) is 5.92 Å². The molecule has 180 valence electrons.